The molecule has 0 aliphatic rings. The number of alkyl halides is 6. The Morgan fingerprint density at radius 2 is 1.87 bits per heavy atom. The molecule has 0 radical (unpaired) electrons. The second-order valence-corrected chi connectivity index (χ2v) is 6.02. The minimum absolute atomic E-state index is 0.0547. The van der Waals surface area contributed by atoms with Crippen molar-refractivity contribution in [2.75, 3.05) is 0 Å². The number of benzene rings is 1. The van der Waals surface area contributed by atoms with Crippen LogP contribution in [0.5, 0.6) is 0 Å². The van der Waals surface area contributed by atoms with E-state index in [-0.39, 0.29) is 23.9 Å². The maximum absolute atomic E-state index is 13.3. The molecule has 30 heavy (non-hydrogen) atoms. The van der Waals surface area contributed by atoms with Gasteiger partial charge in [0.1, 0.15) is 0 Å². The summed E-state index contributed by atoms with van der Waals surface area (Å²) < 4.78 is 92.6. The van der Waals surface area contributed by atoms with Crippen molar-refractivity contribution in [2.24, 2.45) is 0 Å². The number of aromatic nitrogens is 2. The van der Waals surface area contributed by atoms with Gasteiger partial charge in [0.05, 0.1) is 18.2 Å². The number of aryl methyl sites for hydroxylation is 1. The molecule has 0 fully saturated rings. The Morgan fingerprint density at radius 1 is 1.10 bits per heavy atom. The van der Waals surface area contributed by atoms with Crippen molar-refractivity contribution in [3.8, 4) is 11.6 Å². The molecule has 1 atom stereocenters. The Morgan fingerprint density at radius 3 is 2.50 bits per heavy atom. The van der Waals surface area contributed by atoms with Crippen LogP contribution in [0.1, 0.15) is 29.5 Å². The van der Waals surface area contributed by atoms with Crippen LogP contribution < -0.4 is 0 Å². The summed E-state index contributed by atoms with van der Waals surface area (Å²) in [5.74, 6) is -0.983. The van der Waals surface area contributed by atoms with E-state index in [4.69, 9.17) is 8.94 Å². The molecule has 3 rings (SSSR count). The number of carbonyl (C=O) groups is 1. The lowest BCUT2D eigenvalue weighted by molar-refractivity contribution is -0.224. The number of halogens is 6. The third-order valence-electron chi connectivity index (χ3n) is 3.82. The van der Waals surface area contributed by atoms with E-state index in [0.717, 1.165) is 12.1 Å². The lowest BCUT2D eigenvalue weighted by atomic mass is 10.1. The Hall–Kier alpha value is -3.31. The first-order chi connectivity index (χ1) is 14.0. The number of furan rings is 1. The molecule has 2 heterocycles. The quantitative estimate of drug-likeness (QED) is 0.396. The molecule has 0 N–H and O–H groups in total. The maximum atomic E-state index is 13.3. The molecule has 3 aromatic rings. The molecule has 0 aliphatic carbocycles. The zero-order valence-electron chi connectivity index (χ0n) is 14.8. The van der Waals surface area contributed by atoms with Crippen LogP contribution in [0.4, 0.5) is 26.3 Å². The van der Waals surface area contributed by atoms with Crippen LogP contribution in [0.15, 0.2) is 51.6 Å². The highest BCUT2D eigenvalue weighted by molar-refractivity contribution is 5.70. The summed E-state index contributed by atoms with van der Waals surface area (Å²) >= 11 is 0. The minimum atomic E-state index is -5.11. The Kier molecular flexibility index (Phi) is 5.85. The van der Waals surface area contributed by atoms with Gasteiger partial charge < -0.3 is 13.7 Å². The first kappa shape index (κ1) is 21.4. The normalized spacial score (nSPS) is 13.3. The number of hydrogen-bond donors (Lipinski definition) is 0. The van der Waals surface area contributed by atoms with Gasteiger partial charge in [0.25, 0.3) is 0 Å². The summed E-state index contributed by atoms with van der Waals surface area (Å²) in [7, 11) is 0. The van der Waals surface area contributed by atoms with Crippen LogP contribution in [0.3, 0.4) is 0 Å². The highest BCUT2D eigenvalue weighted by atomic mass is 19.4. The van der Waals surface area contributed by atoms with Crippen LogP contribution in [0.25, 0.3) is 11.6 Å². The maximum Gasteiger partial charge on any atom is 0.429 e. The molecule has 0 bridgehead atoms. The number of esters is 1. The van der Waals surface area contributed by atoms with Gasteiger partial charge in [-0.1, -0.05) is 17.3 Å². The van der Waals surface area contributed by atoms with Crippen molar-refractivity contribution < 1.29 is 44.8 Å². The lowest BCUT2D eigenvalue weighted by Gasteiger charge is -2.21. The smallest absolute Gasteiger partial charge is 0.429 e. The molecule has 1 unspecified atom stereocenters. The molecule has 0 saturated carbocycles. The van der Waals surface area contributed by atoms with Gasteiger partial charge in [-0.05, 0) is 24.3 Å². The van der Waals surface area contributed by atoms with E-state index in [1.165, 1.54) is 6.26 Å². The summed E-state index contributed by atoms with van der Waals surface area (Å²) in [5, 5.41) is 3.60. The van der Waals surface area contributed by atoms with Gasteiger partial charge in [-0.15, -0.1) is 0 Å². The van der Waals surface area contributed by atoms with Crippen molar-refractivity contribution in [1.82, 2.24) is 10.1 Å². The fourth-order valence-electron chi connectivity index (χ4n) is 2.46. The lowest BCUT2D eigenvalue weighted by Crippen LogP contribution is -2.26. The van der Waals surface area contributed by atoms with Crippen LogP contribution in [0, 0.1) is 0 Å². The van der Waals surface area contributed by atoms with Crippen molar-refractivity contribution in [1.29, 1.82) is 0 Å². The van der Waals surface area contributed by atoms with Crippen LogP contribution in [-0.4, -0.2) is 22.3 Å². The first-order valence-corrected chi connectivity index (χ1v) is 8.34. The molecule has 0 amide bonds. The van der Waals surface area contributed by atoms with E-state index in [2.05, 4.69) is 14.9 Å². The van der Waals surface area contributed by atoms with Crippen molar-refractivity contribution >= 4 is 5.97 Å². The molecule has 0 spiro atoms. The van der Waals surface area contributed by atoms with Gasteiger partial charge >= 0.3 is 18.3 Å². The number of rotatable bonds is 6. The number of nitrogens with zero attached hydrogens (tertiary/aromatic N) is 2. The van der Waals surface area contributed by atoms with E-state index in [9.17, 15) is 31.1 Å². The average Bonchev–Trinajstić information content (AvgIpc) is 3.34. The van der Waals surface area contributed by atoms with Crippen LogP contribution in [0.2, 0.25) is 0 Å². The molecular formula is C18H12F6N2O4. The van der Waals surface area contributed by atoms with E-state index in [0.29, 0.717) is 12.1 Å². The fraction of sp³-hybridized carbons (Fsp3) is 0.278. The molecule has 160 valence electrons. The SMILES string of the molecule is O=C(CCc1nc(-c2ccco2)no1)OC(c1cccc(C(F)(F)F)c1)C(F)(F)F. The predicted octanol–water partition coefficient (Wildman–Crippen LogP) is 5.13. The molecule has 2 aromatic heterocycles. The molecule has 0 aliphatic heterocycles. The number of carbonyl (C=O) groups excluding carboxylic acids is 1. The average molecular weight is 434 g/mol. The summed E-state index contributed by atoms with van der Waals surface area (Å²) in [6, 6.07) is 5.64. The molecule has 1 aromatic carbocycles. The topological polar surface area (TPSA) is 78.4 Å². The molecule has 12 heteroatoms. The second kappa shape index (κ2) is 8.20. The Bertz CT molecular complexity index is 995. The minimum Gasteiger partial charge on any atom is -0.461 e. The summed E-state index contributed by atoms with van der Waals surface area (Å²) in [6.07, 6.45) is -12.2. The predicted molar refractivity (Wildman–Crippen MR) is 86.7 cm³/mol. The molecule has 0 saturated heterocycles. The van der Waals surface area contributed by atoms with Gasteiger partial charge in [-0.2, -0.15) is 31.3 Å². The van der Waals surface area contributed by atoms with Crippen LogP contribution >= 0.6 is 0 Å². The summed E-state index contributed by atoms with van der Waals surface area (Å²) in [6.45, 7) is 0. The Labute approximate surface area is 164 Å². The van der Waals surface area contributed by atoms with Gasteiger partial charge in [-0.3, -0.25) is 4.79 Å². The third-order valence-corrected chi connectivity index (χ3v) is 3.82. The third kappa shape index (κ3) is 5.19. The van der Waals surface area contributed by atoms with E-state index < -0.39 is 42.0 Å². The Balaban J connectivity index is 1.68. The molecular weight excluding hydrogens is 422 g/mol. The van der Waals surface area contributed by atoms with E-state index in [1.807, 2.05) is 0 Å². The highest BCUT2D eigenvalue weighted by Gasteiger charge is 2.45. The zero-order chi connectivity index (χ0) is 21.9. The molecule has 6 nitrogen and oxygen atoms in total. The summed E-state index contributed by atoms with van der Waals surface area (Å²) in [4.78, 5) is 15.8. The highest BCUT2D eigenvalue weighted by Crippen LogP contribution is 2.38. The van der Waals surface area contributed by atoms with Crippen molar-refractivity contribution in [3.63, 3.8) is 0 Å². The van der Waals surface area contributed by atoms with Gasteiger partial charge in [-0.25, -0.2) is 0 Å². The van der Waals surface area contributed by atoms with Crippen LogP contribution in [-0.2, 0) is 22.1 Å². The van der Waals surface area contributed by atoms with Crippen molar-refractivity contribution in [2.45, 2.75) is 31.3 Å². The van der Waals surface area contributed by atoms with Gasteiger partial charge in [0.2, 0.25) is 17.8 Å². The number of ether oxygens (including phenoxy) is 1. The second-order valence-electron chi connectivity index (χ2n) is 6.02. The fourth-order valence-corrected chi connectivity index (χ4v) is 2.46. The largest absolute Gasteiger partial charge is 0.461 e. The first-order valence-electron chi connectivity index (χ1n) is 8.34. The van der Waals surface area contributed by atoms with E-state index in [1.54, 1.807) is 12.1 Å². The standard InChI is InChI=1S/C18H12F6N2O4/c19-17(20,21)11-4-1-3-10(9-11)15(18(22,23)24)29-14(27)7-6-13-25-16(26-30-13)12-5-2-8-28-12/h1-5,8-9,15H,6-7H2. The van der Waals surface area contributed by atoms with Gasteiger partial charge in [0, 0.05) is 12.0 Å². The summed E-state index contributed by atoms with van der Waals surface area (Å²) in [5.41, 5.74) is -2.13. The van der Waals surface area contributed by atoms with Crippen molar-refractivity contribution in [3.05, 3.63) is 59.7 Å². The van der Waals surface area contributed by atoms with E-state index >= 15 is 0 Å². The van der Waals surface area contributed by atoms with Gasteiger partial charge in [0.15, 0.2) is 5.76 Å². The zero-order valence-corrected chi connectivity index (χ0v) is 14.8. The monoisotopic (exact) mass is 434 g/mol. The number of hydrogen-bond acceptors (Lipinski definition) is 6.